The summed E-state index contributed by atoms with van der Waals surface area (Å²) in [5.41, 5.74) is 7.61. The van der Waals surface area contributed by atoms with Gasteiger partial charge >= 0.3 is 0 Å². The van der Waals surface area contributed by atoms with E-state index in [0.717, 1.165) is 17.5 Å². The zero-order valence-corrected chi connectivity index (χ0v) is 12.6. The molecule has 8 heteroatoms. The van der Waals surface area contributed by atoms with Crippen molar-refractivity contribution in [3.05, 3.63) is 29.8 Å². The van der Waals surface area contributed by atoms with Crippen molar-refractivity contribution in [2.75, 3.05) is 0 Å². The van der Waals surface area contributed by atoms with Crippen LogP contribution in [0.5, 0.6) is 0 Å². The van der Waals surface area contributed by atoms with Crippen LogP contribution in [-0.4, -0.2) is 32.6 Å². The number of benzene rings is 1. The minimum absolute atomic E-state index is 0. The summed E-state index contributed by atoms with van der Waals surface area (Å²) >= 11 is 0. The summed E-state index contributed by atoms with van der Waals surface area (Å²) in [5, 5.41) is 16.5. The number of carbonyl (C=O) groups is 1. The molecule has 1 aromatic heterocycles. The van der Waals surface area contributed by atoms with Crippen LogP contribution in [-0.2, 0) is 11.3 Å². The molecule has 0 fully saturated rings. The van der Waals surface area contributed by atoms with Crippen molar-refractivity contribution in [1.29, 1.82) is 0 Å². The maximum absolute atomic E-state index is 11.7. The van der Waals surface area contributed by atoms with Crippen molar-refractivity contribution in [3.63, 3.8) is 0 Å². The highest BCUT2D eigenvalue weighted by Crippen LogP contribution is 2.13. The fourth-order valence-electron chi connectivity index (χ4n) is 1.82. The number of amides is 1. The van der Waals surface area contributed by atoms with E-state index >= 15 is 0 Å². The molecule has 0 aliphatic heterocycles. The Labute approximate surface area is 129 Å². The van der Waals surface area contributed by atoms with Gasteiger partial charge in [-0.2, -0.15) is 5.21 Å². The molecule has 4 N–H and O–H groups in total. The van der Waals surface area contributed by atoms with E-state index in [9.17, 15) is 4.79 Å². The molecule has 7 nitrogen and oxygen atoms in total. The molecule has 1 aromatic carbocycles. The van der Waals surface area contributed by atoms with Crippen LogP contribution in [0.4, 0.5) is 0 Å². The highest BCUT2D eigenvalue weighted by molar-refractivity contribution is 5.85. The van der Waals surface area contributed by atoms with Crippen LogP contribution in [0.3, 0.4) is 0 Å². The standard InChI is InChI=1S/C13H18N6O.ClH/c1-2-3-11(14)13(20)15-8-9-4-6-10(7-5-9)12-16-18-19-17-12;/h4-7,11H,2-3,8,14H2,1H3,(H,15,20)(H,16,17,18,19);1H. The first kappa shape index (κ1) is 17.1. The van der Waals surface area contributed by atoms with Crippen molar-refractivity contribution in [1.82, 2.24) is 25.9 Å². The molecule has 21 heavy (non-hydrogen) atoms. The Morgan fingerprint density at radius 3 is 2.67 bits per heavy atom. The van der Waals surface area contributed by atoms with Crippen molar-refractivity contribution >= 4 is 18.3 Å². The molecule has 0 bridgehead atoms. The van der Waals surface area contributed by atoms with Gasteiger partial charge < -0.3 is 11.1 Å². The zero-order chi connectivity index (χ0) is 14.4. The summed E-state index contributed by atoms with van der Waals surface area (Å²) in [6.07, 6.45) is 1.59. The van der Waals surface area contributed by atoms with Gasteiger partial charge in [-0.1, -0.05) is 37.6 Å². The third kappa shape index (κ3) is 4.80. The van der Waals surface area contributed by atoms with Gasteiger partial charge in [-0.25, -0.2) is 0 Å². The first-order chi connectivity index (χ1) is 9.70. The van der Waals surface area contributed by atoms with E-state index < -0.39 is 6.04 Å². The van der Waals surface area contributed by atoms with E-state index in [1.165, 1.54) is 0 Å². The average molecular weight is 311 g/mol. The summed E-state index contributed by atoms with van der Waals surface area (Å²) in [4.78, 5) is 11.7. The lowest BCUT2D eigenvalue weighted by Gasteiger charge is -2.11. The van der Waals surface area contributed by atoms with Crippen LogP contribution >= 0.6 is 12.4 Å². The number of rotatable bonds is 6. The van der Waals surface area contributed by atoms with Crippen LogP contribution in [0.25, 0.3) is 11.4 Å². The zero-order valence-electron chi connectivity index (χ0n) is 11.7. The van der Waals surface area contributed by atoms with Gasteiger partial charge in [0.2, 0.25) is 11.7 Å². The molecule has 1 heterocycles. The lowest BCUT2D eigenvalue weighted by Crippen LogP contribution is -2.40. The minimum atomic E-state index is -0.432. The van der Waals surface area contributed by atoms with E-state index in [0.29, 0.717) is 18.8 Å². The number of aromatic amines is 1. The number of nitrogens with one attached hydrogen (secondary N) is 2. The third-order valence-electron chi connectivity index (χ3n) is 2.96. The molecule has 2 aromatic rings. The second kappa shape index (κ2) is 8.33. The molecular weight excluding hydrogens is 292 g/mol. The molecular formula is C13H19ClN6O. The smallest absolute Gasteiger partial charge is 0.237 e. The Morgan fingerprint density at radius 2 is 2.10 bits per heavy atom. The third-order valence-corrected chi connectivity index (χ3v) is 2.96. The van der Waals surface area contributed by atoms with Gasteiger partial charge in [0.1, 0.15) is 0 Å². The Bertz CT molecular complexity index is 542. The Kier molecular flexibility index (Phi) is 6.77. The molecule has 0 radical (unpaired) electrons. The maximum Gasteiger partial charge on any atom is 0.237 e. The monoisotopic (exact) mass is 310 g/mol. The highest BCUT2D eigenvalue weighted by atomic mass is 35.5. The number of nitrogens with zero attached hydrogens (tertiary/aromatic N) is 3. The normalized spacial score (nSPS) is 11.5. The van der Waals surface area contributed by atoms with E-state index in [-0.39, 0.29) is 18.3 Å². The molecule has 0 spiro atoms. The van der Waals surface area contributed by atoms with Gasteiger partial charge in [0.15, 0.2) is 0 Å². The molecule has 0 aliphatic rings. The van der Waals surface area contributed by atoms with Crippen LogP contribution < -0.4 is 11.1 Å². The quantitative estimate of drug-likeness (QED) is 0.738. The molecule has 114 valence electrons. The number of hydrogen-bond donors (Lipinski definition) is 3. The molecule has 1 atom stereocenters. The molecule has 0 aliphatic carbocycles. The minimum Gasteiger partial charge on any atom is -0.351 e. The number of H-pyrrole nitrogens is 1. The van der Waals surface area contributed by atoms with Crippen LogP contribution in [0.2, 0.25) is 0 Å². The van der Waals surface area contributed by atoms with Crippen molar-refractivity contribution < 1.29 is 4.79 Å². The molecule has 2 rings (SSSR count). The average Bonchev–Trinajstić information content (AvgIpc) is 2.99. The van der Waals surface area contributed by atoms with Crippen molar-refractivity contribution in [3.8, 4) is 11.4 Å². The second-order valence-corrected chi connectivity index (χ2v) is 4.55. The first-order valence-electron chi connectivity index (χ1n) is 6.56. The fraction of sp³-hybridized carbons (Fsp3) is 0.385. The number of hydrogen-bond acceptors (Lipinski definition) is 5. The fourth-order valence-corrected chi connectivity index (χ4v) is 1.82. The summed E-state index contributed by atoms with van der Waals surface area (Å²) < 4.78 is 0. The predicted molar refractivity (Wildman–Crippen MR) is 81.6 cm³/mol. The van der Waals surface area contributed by atoms with E-state index in [1.807, 2.05) is 31.2 Å². The Hall–Kier alpha value is -1.99. The van der Waals surface area contributed by atoms with E-state index in [4.69, 9.17) is 5.73 Å². The Balaban J connectivity index is 0.00000220. The highest BCUT2D eigenvalue weighted by Gasteiger charge is 2.11. The number of halogens is 1. The molecule has 1 amide bonds. The SMILES string of the molecule is CCCC(N)C(=O)NCc1ccc(-c2nn[nH]n2)cc1.Cl. The van der Waals surface area contributed by atoms with Crippen LogP contribution in [0, 0.1) is 0 Å². The number of carbonyl (C=O) groups excluding carboxylic acids is 1. The molecule has 0 saturated carbocycles. The lowest BCUT2D eigenvalue weighted by atomic mass is 10.1. The van der Waals surface area contributed by atoms with Gasteiger partial charge in [0.25, 0.3) is 0 Å². The van der Waals surface area contributed by atoms with Gasteiger partial charge in [0.05, 0.1) is 6.04 Å². The van der Waals surface area contributed by atoms with Gasteiger partial charge in [-0.3, -0.25) is 4.79 Å². The van der Waals surface area contributed by atoms with Crippen LogP contribution in [0.1, 0.15) is 25.3 Å². The summed E-state index contributed by atoms with van der Waals surface area (Å²) in [6.45, 7) is 2.46. The van der Waals surface area contributed by atoms with Gasteiger partial charge in [-0.15, -0.1) is 22.6 Å². The van der Waals surface area contributed by atoms with Gasteiger partial charge in [0, 0.05) is 12.1 Å². The predicted octanol–water partition coefficient (Wildman–Crippen LogP) is 1.03. The summed E-state index contributed by atoms with van der Waals surface area (Å²) in [6, 6.07) is 7.17. The summed E-state index contributed by atoms with van der Waals surface area (Å²) in [7, 11) is 0. The second-order valence-electron chi connectivity index (χ2n) is 4.55. The van der Waals surface area contributed by atoms with Crippen molar-refractivity contribution in [2.45, 2.75) is 32.4 Å². The topological polar surface area (TPSA) is 110 Å². The van der Waals surface area contributed by atoms with E-state index in [1.54, 1.807) is 0 Å². The number of aromatic nitrogens is 4. The van der Waals surface area contributed by atoms with Crippen LogP contribution in [0.15, 0.2) is 24.3 Å². The Morgan fingerprint density at radius 1 is 1.38 bits per heavy atom. The summed E-state index contributed by atoms with van der Waals surface area (Å²) in [5.74, 6) is 0.430. The molecule has 0 saturated heterocycles. The number of nitrogens with two attached hydrogens (primary N) is 1. The largest absolute Gasteiger partial charge is 0.351 e. The van der Waals surface area contributed by atoms with Crippen molar-refractivity contribution in [2.24, 2.45) is 5.73 Å². The lowest BCUT2D eigenvalue weighted by molar-refractivity contribution is -0.122. The number of tetrazole rings is 1. The molecule has 1 unspecified atom stereocenters. The first-order valence-corrected chi connectivity index (χ1v) is 6.56. The maximum atomic E-state index is 11.7. The van der Waals surface area contributed by atoms with Gasteiger partial charge in [-0.05, 0) is 17.2 Å². The van der Waals surface area contributed by atoms with E-state index in [2.05, 4.69) is 25.9 Å².